The van der Waals surface area contributed by atoms with Gasteiger partial charge in [-0.05, 0) is 5.56 Å². The van der Waals surface area contributed by atoms with Gasteiger partial charge in [-0.25, -0.2) is 8.42 Å². The van der Waals surface area contributed by atoms with E-state index in [9.17, 15) is 13.2 Å². The Morgan fingerprint density at radius 3 is 2.74 bits per heavy atom. The van der Waals surface area contributed by atoms with Gasteiger partial charge in [0.15, 0.2) is 5.72 Å². The summed E-state index contributed by atoms with van der Waals surface area (Å²) in [7, 11) is -2.05. The highest BCUT2D eigenvalue weighted by Gasteiger charge is 2.66. The first-order valence-corrected chi connectivity index (χ1v) is 10.4. The zero-order valence-corrected chi connectivity index (χ0v) is 15.7. The molecule has 3 aliphatic rings. The summed E-state index contributed by atoms with van der Waals surface area (Å²) in [6.07, 6.45) is 3.22. The highest BCUT2D eigenvalue weighted by Crippen LogP contribution is 2.51. The summed E-state index contributed by atoms with van der Waals surface area (Å²) in [5, 5.41) is 3.97. The lowest BCUT2D eigenvalue weighted by Crippen LogP contribution is -2.48. The van der Waals surface area contributed by atoms with Crippen LogP contribution in [0.4, 0.5) is 0 Å². The Bertz CT molecular complexity index is 1010. The second kappa shape index (κ2) is 5.63. The molecule has 3 atom stereocenters. The number of carbonyl (C=O) groups excluding carboxylic acids is 1. The van der Waals surface area contributed by atoms with Crippen molar-refractivity contribution in [3.8, 4) is 0 Å². The van der Waals surface area contributed by atoms with E-state index < -0.39 is 21.8 Å². The van der Waals surface area contributed by atoms with E-state index in [2.05, 4.69) is 5.10 Å². The van der Waals surface area contributed by atoms with Gasteiger partial charge in [0.05, 0.1) is 18.8 Å². The topological polar surface area (TPSA) is 84.7 Å². The number of amides is 1. The monoisotopic (exact) mass is 388 g/mol. The molecule has 27 heavy (non-hydrogen) atoms. The molecule has 0 N–H and O–H groups in total. The smallest absolute Gasteiger partial charge is 0.246 e. The number of hydrogen-bond donors (Lipinski definition) is 0. The van der Waals surface area contributed by atoms with Crippen molar-refractivity contribution >= 4 is 15.9 Å². The van der Waals surface area contributed by atoms with Gasteiger partial charge in [0.1, 0.15) is 11.0 Å². The van der Waals surface area contributed by atoms with Crippen molar-refractivity contribution in [3.05, 3.63) is 48.3 Å². The first-order valence-electron chi connectivity index (χ1n) is 8.95. The molecule has 1 amide bonds. The van der Waals surface area contributed by atoms with Crippen LogP contribution in [0.15, 0.2) is 47.6 Å². The predicted octanol–water partition coefficient (Wildman–Crippen LogP) is 0.883. The van der Waals surface area contributed by atoms with Crippen LogP contribution in [0.2, 0.25) is 0 Å². The average molecular weight is 388 g/mol. The number of benzene rings is 1. The number of hydrogen-bond acceptors (Lipinski definition) is 5. The molecule has 2 aromatic rings. The predicted molar refractivity (Wildman–Crippen MR) is 94.8 cm³/mol. The first-order chi connectivity index (χ1) is 12.9. The lowest BCUT2D eigenvalue weighted by atomic mass is 10.1. The van der Waals surface area contributed by atoms with Crippen LogP contribution in [0.5, 0.6) is 0 Å². The summed E-state index contributed by atoms with van der Waals surface area (Å²) in [4.78, 5) is 14.6. The SMILES string of the molecule is Cn1cc(S(=O)(=O)N2CC[C@@]34O[C@H](c5ccccc5)CN3C(=O)C[C@@H]24)cn1. The molecule has 1 spiro atoms. The molecule has 0 saturated carbocycles. The van der Waals surface area contributed by atoms with Crippen molar-refractivity contribution in [2.45, 2.75) is 35.6 Å². The molecule has 0 radical (unpaired) electrons. The number of carbonyl (C=O) groups is 1. The van der Waals surface area contributed by atoms with Gasteiger partial charge in [-0.1, -0.05) is 30.3 Å². The molecule has 1 aromatic carbocycles. The minimum absolute atomic E-state index is 0.0514. The fourth-order valence-corrected chi connectivity index (χ4v) is 6.23. The summed E-state index contributed by atoms with van der Waals surface area (Å²) >= 11 is 0. The Balaban J connectivity index is 1.49. The zero-order chi connectivity index (χ0) is 18.8. The molecule has 9 heteroatoms. The summed E-state index contributed by atoms with van der Waals surface area (Å²) in [6.45, 7) is 0.785. The average Bonchev–Trinajstić information content (AvgIpc) is 3.38. The van der Waals surface area contributed by atoms with Crippen LogP contribution in [0, 0.1) is 0 Å². The summed E-state index contributed by atoms with van der Waals surface area (Å²) < 4.78 is 35.5. The van der Waals surface area contributed by atoms with E-state index in [1.54, 1.807) is 11.9 Å². The number of ether oxygens (including phenoxy) is 1. The first kappa shape index (κ1) is 16.9. The van der Waals surface area contributed by atoms with Gasteiger partial charge < -0.3 is 9.64 Å². The van der Waals surface area contributed by atoms with Crippen LogP contribution in [-0.4, -0.2) is 58.2 Å². The highest BCUT2D eigenvalue weighted by atomic mass is 32.2. The van der Waals surface area contributed by atoms with Crippen molar-refractivity contribution < 1.29 is 17.9 Å². The van der Waals surface area contributed by atoms with Crippen molar-refractivity contribution in [1.29, 1.82) is 0 Å². The lowest BCUT2D eigenvalue weighted by Gasteiger charge is -2.31. The molecular formula is C18H20N4O4S. The Kier molecular flexibility index (Phi) is 3.53. The van der Waals surface area contributed by atoms with Crippen LogP contribution in [-0.2, 0) is 26.6 Å². The van der Waals surface area contributed by atoms with Crippen LogP contribution in [0.1, 0.15) is 24.5 Å². The summed E-state index contributed by atoms with van der Waals surface area (Å²) in [5.74, 6) is -0.0514. The number of sulfonamides is 1. The fraction of sp³-hybridized carbons (Fsp3) is 0.444. The van der Waals surface area contributed by atoms with Gasteiger partial charge in [-0.3, -0.25) is 9.48 Å². The minimum atomic E-state index is -3.73. The molecule has 0 bridgehead atoms. The standard InChI is InChI=1S/C18H20N4O4S/c1-20-11-14(10-19-20)27(24,25)22-8-7-18-16(22)9-17(23)21(18)12-15(26-18)13-5-3-2-4-6-13/h2-6,10-11,15-16H,7-9,12H2,1H3/t15-,16+,18-/m0/s1. The number of aromatic nitrogens is 2. The van der Waals surface area contributed by atoms with E-state index in [0.717, 1.165) is 5.56 Å². The molecule has 0 unspecified atom stereocenters. The van der Waals surface area contributed by atoms with Crippen LogP contribution in [0.3, 0.4) is 0 Å². The van der Waals surface area contributed by atoms with Gasteiger partial charge in [0.25, 0.3) is 0 Å². The Hall–Kier alpha value is -2.23. The van der Waals surface area contributed by atoms with Crippen molar-refractivity contribution in [2.75, 3.05) is 13.1 Å². The van der Waals surface area contributed by atoms with Gasteiger partial charge in [-0.2, -0.15) is 9.40 Å². The van der Waals surface area contributed by atoms with Gasteiger partial charge >= 0.3 is 0 Å². The Morgan fingerprint density at radius 1 is 1.26 bits per heavy atom. The van der Waals surface area contributed by atoms with Crippen molar-refractivity contribution in [2.24, 2.45) is 7.05 Å². The second-order valence-corrected chi connectivity index (χ2v) is 9.19. The molecule has 3 saturated heterocycles. The lowest BCUT2D eigenvalue weighted by molar-refractivity contribution is -0.138. The van der Waals surface area contributed by atoms with E-state index in [4.69, 9.17) is 4.74 Å². The zero-order valence-electron chi connectivity index (χ0n) is 14.9. The van der Waals surface area contributed by atoms with E-state index in [-0.39, 0.29) is 23.3 Å². The quantitative estimate of drug-likeness (QED) is 0.779. The van der Waals surface area contributed by atoms with Crippen LogP contribution in [0.25, 0.3) is 0 Å². The van der Waals surface area contributed by atoms with Crippen molar-refractivity contribution in [3.63, 3.8) is 0 Å². The maximum Gasteiger partial charge on any atom is 0.246 e. The highest BCUT2D eigenvalue weighted by molar-refractivity contribution is 7.89. The molecule has 1 aromatic heterocycles. The largest absolute Gasteiger partial charge is 0.344 e. The van der Waals surface area contributed by atoms with Crippen molar-refractivity contribution in [1.82, 2.24) is 19.0 Å². The molecule has 142 valence electrons. The van der Waals surface area contributed by atoms with Crippen LogP contribution < -0.4 is 0 Å². The number of aryl methyl sites for hydroxylation is 1. The molecule has 8 nitrogen and oxygen atoms in total. The molecule has 0 aliphatic carbocycles. The third-order valence-electron chi connectivity index (χ3n) is 5.84. The minimum Gasteiger partial charge on any atom is -0.344 e. The third-order valence-corrected chi connectivity index (χ3v) is 7.70. The summed E-state index contributed by atoms with van der Waals surface area (Å²) in [6, 6.07) is 9.25. The maximum absolute atomic E-state index is 13.1. The molecule has 3 aliphatic heterocycles. The molecular weight excluding hydrogens is 368 g/mol. The molecule has 4 heterocycles. The van der Waals surface area contributed by atoms with Crippen LogP contribution >= 0.6 is 0 Å². The second-order valence-electron chi connectivity index (χ2n) is 7.30. The summed E-state index contributed by atoms with van der Waals surface area (Å²) in [5.41, 5.74) is 0.133. The molecule has 5 rings (SSSR count). The Morgan fingerprint density at radius 2 is 2.04 bits per heavy atom. The third kappa shape index (κ3) is 2.31. The number of nitrogens with zero attached hydrogens (tertiary/aromatic N) is 4. The van der Waals surface area contributed by atoms with E-state index >= 15 is 0 Å². The van der Waals surface area contributed by atoms with E-state index in [1.807, 2.05) is 30.3 Å². The Labute approximate surface area is 157 Å². The normalized spacial score (nSPS) is 30.7. The van der Waals surface area contributed by atoms with E-state index in [1.165, 1.54) is 21.4 Å². The number of rotatable bonds is 3. The maximum atomic E-state index is 13.1. The molecule has 3 fully saturated rings. The van der Waals surface area contributed by atoms with Gasteiger partial charge in [0.2, 0.25) is 15.9 Å². The van der Waals surface area contributed by atoms with E-state index in [0.29, 0.717) is 19.5 Å². The van der Waals surface area contributed by atoms with Gasteiger partial charge in [-0.15, -0.1) is 0 Å². The van der Waals surface area contributed by atoms with Gasteiger partial charge in [0, 0.05) is 32.6 Å². The fourth-order valence-electron chi connectivity index (χ4n) is 4.58.